The van der Waals surface area contributed by atoms with E-state index in [0.717, 1.165) is 25.7 Å². The molecule has 0 fully saturated rings. The van der Waals surface area contributed by atoms with Crippen molar-refractivity contribution in [1.82, 2.24) is 0 Å². The van der Waals surface area contributed by atoms with Crippen LogP contribution in [0.5, 0.6) is 0 Å². The molecule has 0 saturated carbocycles. The van der Waals surface area contributed by atoms with Crippen LogP contribution in [0.4, 0.5) is 0 Å². The molecule has 0 heteroatoms. The molecular weight excluding hydrogens is 192 g/mol. The molecule has 0 aliphatic heterocycles. The quantitative estimate of drug-likeness (QED) is 0.621. The lowest BCUT2D eigenvalue weighted by atomic mass is 9.97. The van der Waals surface area contributed by atoms with Crippen molar-refractivity contribution < 1.29 is 0 Å². The molecule has 4 aliphatic carbocycles. The van der Waals surface area contributed by atoms with Crippen LogP contribution in [-0.2, 0) is 25.7 Å². The topological polar surface area (TPSA) is 0 Å². The molecule has 4 bridgehead atoms. The van der Waals surface area contributed by atoms with Gasteiger partial charge in [-0.3, -0.25) is 0 Å². The van der Waals surface area contributed by atoms with Gasteiger partial charge < -0.3 is 0 Å². The van der Waals surface area contributed by atoms with Crippen LogP contribution in [0.2, 0.25) is 0 Å². The highest BCUT2D eigenvalue weighted by atomic mass is 14.1. The van der Waals surface area contributed by atoms with Gasteiger partial charge in [-0.05, 0) is 54.0 Å². The maximum atomic E-state index is 3.39. The summed E-state index contributed by atoms with van der Waals surface area (Å²) in [5.41, 5.74) is 5.59. The predicted molar refractivity (Wildman–Crippen MR) is 66.5 cm³/mol. The predicted octanol–water partition coefficient (Wildman–Crippen LogP) is 3.37. The van der Waals surface area contributed by atoms with Gasteiger partial charge in [0.05, 0.1) is 0 Å². The van der Waals surface area contributed by atoms with Crippen molar-refractivity contribution in [1.29, 1.82) is 0 Å². The van der Waals surface area contributed by atoms with Gasteiger partial charge in [0.15, 0.2) is 0 Å². The number of benzene rings is 2. The monoisotopic (exact) mass is 207 g/mol. The van der Waals surface area contributed by atoms with Crippen LogP contribution in [0.25, 0.3) is 0 Å². The largest absolute Gasteiger partial charge is 0.0588 e. The zero-order chi connectivity index (χ0) is 10.8. The Balaban J connectivity index is 1.97. The molecule has 0 amide bonds. The molecule has 0 unspecified atom stereocenters. The third-order valence-electron chi connectivity index (χ3n) is 3.35. The van der Waals surface area contributed by atoms with Crippen LogP contribution < -0.4 is 0 Å². The van der Waals surface area contributed by atoms with Gasteiger partial charge >= 0.3 is 0 Å². The number of rotatable bonds is 0. The van der Waals surface area contributed by atoms with E-state index in [1.54, 1.807) is 0 Å². The molecule has 6 rings (SSSR count). The minimum absolute atomic E-state index is 1.10. The van der Waals surface area contributed by atoms with Gasteiger partial charge in [0, 0.05) is 0 Å². The first-order valence-electron chi connectivity index (χ1n) is 5.97. The Morgan fingerprint density at radius 1 is 0.625 bits per heavy atom. The van der Waals surface area contributed by atoms with Crippen molar-refractivity contribution >= 4 is 0 Å². The fourth-order valence-electron chi connectivity index (χ4n) is 2.24. The van der Waals surface area contributed by atoms with Crippen molar-refractivity contribution in [3.63, 3.8) is 0 Å². The van der Waals surface area contributed by atoms with Crippen molar-refractivity contribution in [3.8, 4) is 0 Å². The second-order valence-electron chi connectivity index (χ2n) is 4.54. The fraction of sp³-hybridized carbons (Fsp3) is 0.250. The third-order valence-corrected chi connectivity index (χ3v) is 3.35. The Hall–Kier alpha value is -1.56. The van der Waals surface area contributed by atoms with E-state index < -0.39 is 0 Å². The van der Waals surface area contributed by atoms with Crippen molar-refractivity contribution in [2.45, 2.75) is 25.7 Å². The Labute approximate surface area is 96.9 Å². The summed E-state index contributed by atoms with van der Waals surface area (Å²) in [6, 6.07) is 19.1. The fourth-order valence-corrected chi connectivity index (χ4v) is 2.24. The highest BCUT2D eigenvalue weighted by molar-refractivity contribution is 5.28. The van der Waals surface area contributed by atoms with Crippen LogP contribution in [0.3, 0.4) is 0 Å². The second-order valence-corrected chi connectivity index (χ2v) is 4.54. The third kappa shape index (κ3) is 2.01. The molecule has 1 radical (unpaired) electrons. The van der Waals surface area contributed by atoms with Gasteiger partial charge in [-0.15, -0.1) is 0 Å². The molecule has 0 aromatic heterocycles. The zero-order valence-electron chi connectivity index (χ0n) is 9.37. The van der Waals surface area contributed by atoms with E-state index in [1.807, 2.05) is 0 Å². The average molecular weight is 207 g/mol. The maximum absolute atomic E-state index is 3.39. The first-order chi connectivity index (χ1) is 7.90. The molecule has 0 N–H and O–H groups in total. The van der Waals surface area contributed by atoms with Crippen LogP contribution in [0.15, 0.2) is 42.5 Å². The minimum atomic E-state index is 1.10. The van der Waals surface area contributed by atoms with Gasteiger partial charge in [-0.25, -0.2) is 0 Å². The van der Waals surface area contributed by atoms with Gasteiger partial charge in [-0.2, -0.15) is 0 Å². The molecule has 2 aromatic rings. The molecule has 0 nitrogen and oxygen atoms in total. The highest BCUT2D eigenvalue weighted by Crippen LogP contribution is 2.14. The molecule has 79 valence electrons. The Morgan fingerprint density at radius 2 is 1.19 bits per heavy atom. The minimum Gasteiger partial charge on any atom is -0.0588 e. The summed E-state index contributed by atoms with van der Waals surface area (Å²) in [7, 11) is 0. The van der Waals surface area contributed by atoms with Gasteiger partial charge in [0.25, 0.3) is 0 Å². The Morgan fingerprint density at radius 3 is 1.81 bits per heavy atom. The van der Waals surface area contributed by atoms with E-state index in [4.69, 9.17) is 0 Å². The summed E-state index contributed by atoms with van der Waals surface area (Å²) in [4.78, 5) is 0. The van der Waals surface area contributed by atoms with Crippen molar-refractivity contribution in [3.05, 3.63) is 70.8 Å². The SMILES string of the molecule is [c]1cc2ccc1CCc1ccc(cc1)CC2. The van der Waals surface area contributed by atoms with E-state index in [2.05, 4.69) is 48.5 Å². The van der Waals surface area contributed by atoms with Crippen LogP contribution >= 0.6 is 0 Å². The summed E-state index contributed by atoms with van der Waals surface area (Å²) >= 11 is 0. The first kappa shape index (κ1) is 9.65. The standard InChI is InChI=1S/C16H15/c1-2-14-4-3-13(1)9-10-15-5-7-16(8-6-15)12-11-14/h1-7H,9-12H2. The van der Waals surface area contributed by atoms with Gasteiger partial charge in [-0.1, -0.05) is 42.5 Å². The second kappa shape index (κ2) is 4.13. The van der Waals surface area contributed by atoms with E-state index in [0.29, 0.717) is 0 Å². The summed E-state index contributed by atoms with van der Waals surface area (Å²) in [5, 5.41) is 0. The number of hydrogen-bond donors (Lipinski definition) is 0. The molecule has 0 atom stereocenters. The molecule has 4 aliphatic rings. The smallest absolute Gasteiger partial charge is 0.0146 e. The summed E-state index contributed by atoms with van der Waals surface area (Å²) in [6.45, 7) is 0. The lowest BCUT2D eigenvalue weighted by Crippen LogP contribution is -1.97. The lowest BCUT2D eigenvalue weighted by molar-refractivity contribution is 0.920. The summed E-state index contributed by atoms with van der Waals surface area (Å²) in [6.07, 6.45) is 4.47. The van der Waals surface area contributed by atoms with Crippen LogP contribution in [0, 0.1) is 6.07 Å². The normalized spacial score (nSPS) is 14.5. The summed E-state index contributed by atoms with van der Waals surface area (Å²) < 4.78 is 0. The highest BCUT2D eigenvalue weighted by Gasteiger charge is 2.02. The number of hydrogen-bond acceptors (Lipinski definition) is 0. The van der Waals surface area contributed by atoms with Crippen LogP contribution in [0.1, 0.15) is 22.3 Å². The maximum Gasteiger partial charge on any atom is -0.0146 e. The summed E-state index contributed by atoms with van der Waals surface area (Å²) in [5.74, 6) is 0. The number of aryl methyl sites for hydroxylation is 4. The van der Waals surface area contributed by atoms with Crippen LogP contribution in [-0.4, -0.2) is 0 Å². The Kier molecular flexibility index (Phi) is 2.49. The Bertz CT molecular complexity index is 369. The van der Waals surface area contributed by atoms with Gasteiger partial charge in [0.1, 0.15) is 0 Å². The molecule has 16 heavy (non-hydrogen) atoms. The van der Waals surface area contributed by atoms with E-state index in [-0.39, 0.29) is 0 Å². The van der Waals surface area contributed by atoms with Gasteiger partial charge in [0.2, 0.25) is 0 Å². The first-order valence-corrected chi connectivity index (χ1v) is 5.97. The van der Waals surface area contributed by atoms with E-state index in [9.17, 15) is 0 Å². The average Bonchev–Trinajstić information content (AvgIpc) is 2.33. The van der Waals surface area contributed by atoms with E-state index >= 15 is 0 Å². The lowest BCUT2D eigenvalue weighted by Gasteiger charge is -2.08. The molecule has 0 saturated heterocycles. The molecule has 0 spiro atoms. The zero-order valence-corrected chi connectivity index (χ0v) is 9.37. The van der Waals surface area contributed by atoms with Crippen molar-refractivity contribution in [2.24, 2.45) is 0 Å². The van der Waals surface area contributed by atoms with E-state index in [1.165, 1.54) is 22.3 Å². The molecule has 2 aromatic carbocycles. The molecular formula is C16H15. The van der Waals surface area contributed by atoms with Crippen molar-refractivity contribution in [2.75, 3.05) is 0 Å². The molecule has 0 heterocycles.